The van der Waals surface area contributed by atoms with Crippen molar-refractivity contribution < 1.29 is 19.5 Å². The van der Waals surface area contributed by atoms with Crippen molar-refractivity contribution in [1.82, 2.24) is 10.1 Å². The van der Waals surface area contributed by atoms with Crippen LogP contribution in [0, 0.1) is 0 Å². The SMILES string of the molecule is O=C(OO)c1cccc(-c2noc(-c3ccccc3)n2)c1. The molecule has 1 heterocycles. The molecule has 1 aromatic heterocycles. The van der Waals surface area contributed by atoms with Gasteiger partial charge in [-0.05, 0) is 24.3 Å². The Balaban J connectivity index is 1.95. The molecule has 0 amide bonds. The Morgan fingerprint density at radius 1 is 1.05 bits per heavy atom. The summed E-state index contributed by atoms with van der Waals surface area (Å²) in [6, 6.07) is 15.7. The van der Waals surface area contributed by atoms with Crippen molar-refractivity contribution in [3.63, 3.8) is 0 Å². The van der Waals surface area contributed by atoms with E-state index in [9.17, 15) is 4.79 Å². The molecule has 1 N–H and O–H groups in total. The van der Waals surface area contributed by atoms with Crippen LogP contribution < -0.4 is 0 Å². The molecule has 104 valence electrons. The third-order valence-corrected chi connectivity index (χ3v) is 2.89. The second kappa shape index (κ2) is 5.56. The quantitative estimate of drug-likeness (QED) is 0.587. The van der Waals surface area contributed by atoms with Crippen LogP contribution in [-0.4, -0.2) is 21.4 Å². The molecule has 21 heavy (non-hydrogen) atoms. The molecule has 2 aromatic carbocycles. The number of carbonyl (C=O) groups excluding carboxylic acids is 1. The molecular formula is C15H10N2O4. The number of hydrogen-bond donors (Lipinski definition) is 1. The van der Waals surface area contributed by atoms with Gasteiger partial charge in [0.15, 0.2) is 0 Å². The molecule has 6 nitrogen and oxygen atoms in total. The monoisotopic (exact) mass is 282 g/mol. The summed E-state index contributed by atoms with van der Waals surface area (Å²) in [6.45, 7) is 0. The lowest BCUT2D eigenvalue weighted by molar-refractivity contribution is -0.182. The molecule has 0 saturated heterocycles. The predicted molar refractivity (Wildman–Crippen MR) is 73.2 cm³/mol. The van der Waals surface area contributed by atoms with Gasteiger partial charge in [-0.1, -0.05) is 35.5 Å². The fourth-order valence-corrected chi connectivity index (χ4v) is 1.88. The zero-order valence-corrected chi connectivity index (χ0v) is 10.8. The van der Waals surface area contributed by atoms with Crippen molar-refractivity contribution in [2.75, 3.05) is 0 Å². The molecule has 0 aliphatic carbocycles. The molecule has 3 aromatic rings. The first-order chi connectivity index (χ1) is 10.3. The predicted octanol–water partition coefficient (Wildman–Crippen LogP) is 3.03. The number of aromatic nitrogens is 2. The van der Waals surface area contributed by atoms with Gasteiger partial charge < -0.3 is 4.52 Å². The van der Waals surface area contributed by atoms with Crippen LogP contribution in [0.4, 0.5) is 0 Å². The summed E-state index contributed by atoms with van der Waals surface area (Å²) in [7, 11) is 0. The van der Waals surface area contributed by atoms with Crippen molar-refractivity contribution in [3.8, 4) is 22.8 Å². The summed E-state index contributed by atoms with van der Waals surface area (Å²) in [5, 5.41) is 12.3. The Kier molecular flexibility index (Phi) is 3.44. The van der Waals surface area contributed by atoms with Gasteiger partial charge in [0.05, 0.1) is 5.56 Å². The van der Waals surface area contributed by atoms with Crippen LogP contribution in [0.2, 0.25) is 0 Å². The van der Waals surface area contributed by atoms with Gasteiger partial charge in [-0.15, -0.1) is 0 Å². The highest BCUT2D eigenvalue weighted by atomic mass is 17.1. The third-order valence-electron chi connectivity index (χ3n) is 2.89. The Bertz CT molecular complexity index is 768. The third kappa shape index (κ3) is 2.65. The van der Waals surface area contributed by atoms with Crippen LogP contribution >= 0.6 is 0 Å². The Morgan fingerprint density at radius 3 is 2.57 bits per heavy atom. The van der Waals surface area contributed by atoms with Gasteiger partial charge in [0, 0.05) is 11.1 Å². The highest BCUT2D eigenvalue weighted by Crippen LogP contribution is 2.22. The maximum Gasteiger partial charge on any atom is 0.372 e. The van der Waals surface area contributed by atoms with E-state index in [1.165, 1.54) is 12.1 Å². The summed E-state index contributed by atoms with van der Waals surface area (Å²) < 4.78 is 5.21. The normalized spacial score (nSPS) is 10.3. The largest absolute Gasteiger partial charge is 0.372 e. The summed E-state index contributed by atoms with van der Waals surface area (Å²) in [5.74, 6) is -0.106. The summed E-state index contributed by atoms with van der Waals surface area (Å²) >= 11 is 0. The Morgan fingerprint density at radius 2 is 1.81 bits per heavy atom. The molecule has 0 unspecified atom stereocenters. The lowest BCUT2D eigenvalue weighted by atomic mass is 10.1. The fraction of sp³-hybridized carbons (Fsp3) is 0. The highest BCUT2D eigenvalue weighted by Gasteiger charge is 2.13. The van der Waals surface area contributed by atoms with Crippen LogP contribution in [0.5, 0.6) is 0 Å². The minimum atomic E-state index is -0.844. The molecule has 6 heteroatoms. The lowest BCUT2D eigenvalue weighted by Gasteiger charge is -1.98. The molecular weight excluding hydrogens is 272 g/mol. The van der Waals surface area contributed by atoms with Crippen molar-refractivity contribution in [1.29, 1.82) is 0 Å². The summed E-state index contributed by atoms with van der Waals surface area (Å²) in [5.41, 5.74) is 1.59. The van der Waals surface area contributed by atoms with Gasteiger partial charge >= 0.3 is 5.97 Å². The van der Waals surface area contributed by atoms with Crippen LogP contribution in [-0.2, 0) is 4.89 Å². The summed E-state index contributed by atoms with van der Waals surface area (Å²) in [6.07, 6.45) is 0. The van der Waals surface area contributed by atoms with E-state index in [0.717, 1.165) is 5.56 Å². The van der Waals surface area contributed by atoms with E-state index in [4.69, 9.17) is 9.78 Å². The van der Waals surface area contributed by atoms with Gasteiger partial charge in [0.2, 0.25) is 5.82 Å². The summed E-state index contributed by atoms with van der Waals surface area (Å²) in [4.78, 5) is 19.3. The molecule has 0 saturated carbocycles. The molecule has 0 atom stereocenters. The first kappa shape index (κ1) is 13.0. The highest BCUT2D eigenvalue weighted by molar-refractivity contribution is 5.90. The lowest BCUT2D eigenvalue weighted by Crippen LogP contribution is -2.01. The Labute approximate surface area is 119 Å². The second-order valence-electron chi connectivity index (χ2n) is 4.25. The molecule has 0 fully saturated rings. The average Bonchev–Trinajstić information content (AvgIpc) is 3.05. The number of benzene rings is 2. The van der Waals surface area contributed by atoms with Crippen molar-refractivity contribution in [2.24, 2.45) is 0 Å². The topological polar surface area (TPSA) is 85.5 Å². The minimum absolute atomic E-state index is 0.195. The van der Waals surface area contributed by atoms with E-state index in [-0.39, 0.29) is 5.56 Å². The maximum atomic E-state index is 11.3. The van der Waals surface area contributed by atoms with Gasteiger partial charge in [-0.3, -0.25) is 4.89 Å². The maximum absolute atomic E-state index is 11.3. The molecule has 0 radical (unpaired) electrons. The second-order valence-corrected chi connectivity index (χ2v) is 4.25. The van der Waals surface area contributed by atoms with E-state index in [2.05, 4.69) is 15.0 Å². The average molecular weight is 282 g/mol. The first-order valence-corrected chi connectivity index (χ1v) is 6.13. The molecule has 0 spiro atoms. The smallest absolute Gasteiger partial charge is 0.334 e. The number of rotatable bonds is 3. The van der Waals surface area contributed by atoms with E-state index in [1.54, 1.807) is 12.1 Å². The van der Waals surface area contributed by atoms with E-state index < -0.39 is 5.97 Å². The zero-order chi connectivity index (χ0) is 14.7. The number of nitrogens with zero attached hydrogens (tertiary/aromatic N) is 2. The number of carbonyl (C=O) groups is 1. The van der Waals surface area contributed by atoms with Crippen LogP contribution in [0.25, 0.3) is 22.8 Å². The van der Waals surface area contributed by atoms with Gasteiger partial charge in [0.25, 0.3) is 5.89 Å². The zero-order valence-electron chi connectivity index (χ0n) is 10.8. The molecule has 0 bridgehead atoms. The molecule has 0 aliphatic rings. The fourth-order valence-electron chi connectivity index (χ4n) is 1.88. The van der Waals surface area contributed by atoms with Gasteiger partial charge in [-0.25, -0.2) is 4.79 Å². The van der Waals surface area contributed by atoms with E-state index >= 15 is 0 Å². The van der Waals surface area contributed by atoms with Crippen molar-refractivity contribution in [2.45, 2.75) is 0 Å². The minimum Gasteiger partial charge on any atom is -0.334 e. The molecule has 3 rings (SSSR count). The standard InChI is InChI=1S/C15H10N2O4/c18-15(21-19)12-8-4-7-11(9-12)13-16-14(20-17-13)10-5-2-1-3-6-10/h1-9,19H. The van der Waals surface area contributed by atoms with Crippen LogP contribution in [0.1, 0.15) is 10.4 Å². The Hall–Kier alpha value is -2.99. The van der Waals surface area contributed by atoms with Crippen molar-refractivity contribution in [3.05, 3.63) is 60.2 Å². The first-order valence-electron chi connectivity index (χ1n) is 6.13. The van der Waals surface area contributed by atoms with Crippen LogP contribution in [0.15, 0.2) is 59.1 Å². The van der Waals surface area contributed by atoms with Crippen molar-refractivity contribution >= 4 is 5.97 Å². The van der Waals surface area contributed by atoms with Gasteiger partial charge in [0.1, 0.15) is 0 Å². The number of hydrogen-bond acceptors (Lipinski definition) is 6. The van der Waals surface area contributed by atoms with E-state index in [0.29, 0.717) is 17.3 Å². The van der Waals surface area contributed by atoms with Crippen LogP contribution in [0.3, 0.4) is 0 Å². The molecule has 0 aliphatic heterocycles. The van der Waals surface area contributed by atoms with Gasteiger partial charge in [-0.2, -0.15) is 10.2 Å². The van der Waals surface area contributed by atoms with E-state index in [1.807, 2.05) is 30.3 Å².